The zero-order chi connectivity index (χ0) is 21.1. The van der Waals surface area contributed by atoms with E-state index in [2.05, 4.69) is 40.9 Å². The molecule has 0 bridgehead atoms. The van der Waals surface area contributed by atoms with Gasteiger partial charge in [0.05, 0.1) is 17.1 Å². The lowest BCUT2D eigenvalue weighted by atomic mass is 9.92. The van der Waals surface area contributed by atoms with Crippen LogP contribution in [-0.4, -0.2) is 36.2 Å². The van der Waals surface area contributed by atoms with Crippen LogP contribution in [0.15, 0.2) is 41.6 Å². The van der Waals surface area contributed by atoms with Crippen LogP contribution in [0.3, 0.4) is 0 Å². The first-order valence-corrected chi connectivity index (χ1v) is 11.4. The molecule has 1 aliphatic heterocycles. The Hall–Kier alpha value is -2.61. The van der Waals surface area contributed by atoms with Gasteiger partial charge < -0.3 is 9.88 Å². The normalized spacial score (nSPS) is 14.2. The van der Waals surface area contributed by atoms with Crippen molar-refractivity contribution in [1.82, 2.24) is 24.5 Å². The van der Waals surface area contributed by atoms with Gasteiger partial charge in [-0.3, -0.25) is 4.79 Å². The summed E-state index contributed by atoms with van der Waals surface area (Å²) in [5.74, 6) is 1.91. The molecule has 0 aliphatic carbocycles. The van der Waals surface area contributed by atoms with Crippen molar-refractivity contribution < 1.29 is 4.79 Å². The third-order valence-corrected chi connectivity index (χ3v) is 6.12. The second-order valence-corrected chi connectivity index (χ2v) is 9.55. The number of aromatic nitrogens is 5. The molecule has 3 aromatic rings. The van der Waals surface area contributed by atoms with Crippen LogP contribution in [0.4, 0.5) is 5.82 Å². The molecule has 0 spiro atoms. The van der Waals surface area contributed by atoms with Crippen LogP contribution in [0.2, 0.25) is 0 Å². The summed E-state index contributed by atoms with van der Waals surface area (Å²) in [6, 6.07) is 11.8. The average molecular weight is 425 g/mol. The third kappa shape index (κ3) is 4.59. The molecule has 7 nitrogen and oxygen atoms in total. The fraction of sp³-hybridized carbons (Fsp3) is 0.455. The first kappa shape index (κ1) is 20.7. The monoisotopic (exact) mass is 424 g/mol. The molecule has 8 heteroatoms. The van der Waals surface area contributed by atoms with Crippen molar-refractivity contribution in [2.45, 2.75) is 63.6 Å². The molecule has 0 atom stereocenters. The molecule has 1 N–H and O–H groups in total. The molecule has 0 saturated carbocycles. The van der Waals surface area contributed by atoms with E-state index in [9.17, 15) is 4.79 Å². The van der Waals surface area contributed by atoms with E-state index in [1.165, 1.54) is 18.2 Å². The van der Waals surface area contributed by atoms with Gasteiger partial charge in [-0.1, -0.05) is 57.2 Å². The number of hydrogen-bond donors (Lipinski definition) is 1. The van der Waals surface area contributed by atoms with Crippen LogP contribution in [0.25, 0.3) is 5.69 Å². The van der Waals surface area contributed by atoms with E-state index < -0.39 is 0 Å². The molecule has 3 heterocycles. The Morgan fingerprint density at radius 3 is 2.70 bits per heavy atom. The number of fused-ring (bicyclic) bond motifs is 1. The maximum atomic E-state index is 12.8. The van der Waals surface area contributed by atoms with Gasteiger partial charge in [0.25, 0.3) is 0 Å². The van der Waals surface area contributed by atoms with Crippen LogP contribution in [-0.2, 0) is 23.2 Å². The fourth-order valence-electron chi connectivity index (χ4n) is 3.48. The molecule has 4 rings (SSSR count). The Morgan fingerprint density at radius 1 is 1.13 bits per heavy atom. The Balaban J connectivity index is 1.49. The Labute approximate surface area is 181 Å². The van der Waals surface area contributed by atoms with E-state index in [-0.39, 0.29) is 17.1 Å². The first-order valence-electron chi connectivity index (χ1n) is 10.4. The van der Waals surface area contributed by atoms with Crippen molar-refractivity contribution in [1.29, 1.82) is 0 Å². The number of nitrogens with zero attached hydrogens (tertiary/aromatic N) is 5. The number of amides is 1. The summed E-state index contributed by atoms with van der Waals surface area (Å²) in [5, 5.41) is 17.2. The summed E-state index contributed by atoms with van der Waals surface area (Å²) in [5.41, 5.74) is 1.73. The maximum absolute atomic E-state index is 12.8. The number of anilines is 1. The number of para-hydroxylation sites is 1. The largest absolute Gasteiger partial charge is 0.310 e. The summed E-state index contributed by atoms with van der Waals surface area (Å²) >= 11 is 1.44. The summed E-state index contributed by atoms with van der Waals surface area (Å²) in [6.07, 6.45) is 4.47. The van der Waals surface area contributed by atoms with Crippen LogP contribution >= 0.6 is 11.8 Å². The standard InChI is InChI=1S/C22H28N6OS/c1-22(2,3)17-14-19(28(26-17)16-10-6-4-7-11-16)23-20(29)15-30-21-25-24-18-12-8-5-9-13-27(18)21/h4,6-7,10-11,14H,5,8-9,12-13,15H2,1-3H3,(H,23,29). The van der Waals surface area contributed by atoms with Crippen molar-refractivity contribution in [3.63, 3.8) is 0 Å². The molecule has 1 aromatic carbocycles. The van der Waals surface area contributed by atoms with E-state index in [4.69, 9.17) is 5.10 Å². The van der Waals surface area contributed by atoms with Gasteiger partial charge in [0, 0.05) is 24.4 Å². The van der Waals surface area contributed by atoms with E-state index in [0.29, 0.717) is 5.82 Å². The predicted octanol–water partition coefficient (Wildman–Crippen LogP) is 4.22. The molecular formula is C22H28N6OS. The Kier molecular flexibility index (Phi) is 5.94. The number of carbonyl (C=O) groups excluding carboxylic acids is 1. The quantitative estimate of drug-likeness (QED) is 0.621. The SMILES string of the molecule is CC(C)(C)c1cc(NC(=O)CSc2nnc3n2CCCCC3)n(-c2ccccc2)n1. The van der Waals surface area contributed by atoms with Gasteiger partial charge in [0.2, 0.25) is 5.91 Å². The topological polar surface area (TPSA) is 77.6 Å². The van der Waals surface area contributed by atoms with Gasteiger partial charge in [-0.2, -0.15) is 5.10 Å². The maximum Gasteiger partial charge on any atom is 0.236 e. The minimum atomic E-state index is -0.118. The summed E-state index contributed by atoms with van der Waals surface area (Å²) < 4.78 is 3.96. The highest BCUT2D eigenvalue weighted by molar-refractivity contribution is 7.99. The van der Waals surface area contributed by atoms with Gasteiger partial charge >= 0.3 is 0 Å². The van der Waals surface area contributed by atoms with Gasteiger partial charge in [-0.05, 0) is 25.0 Å². The number of carbonyl (C=O) groups is 1. The van der Waals surface area contributed by atoms with Crippen molar-refractivity contribution in [2.24, 2.45) is 0 Å². The zero-order valence-electron chi connectivity index (χ0n) is 17.8. The fourth-order valence-corrected chi connectivity index (χ4v) is 4.26. The van der Waals surface area contributed by atoms with E-state index >= 15 is 0 Å². The molecule has 158 valence electrons. The molecular weight excluding hydrogens is 396 g/mol. The number of benzene rings is 1. The zero-order valence-corrected chi connectivity index (χ0v) is 18.6. The van der Waals surface area contributed by atoms with E-state index in [1.54, 1.807) is 4.68 Å². The molecule has 1 amide bonds. The van der Waals surface area contributed by atoms with E-state index in [0.717, 1.165) is 48.2 Å². The van der Waals surface area contributed by atoms with Crippen molar-refractivity contribution in [3.05, 3.63) is 47.9 Å². The molecule has 0 unspecified atom stereocenters. The van der Waals surface area contributed by atoms with Crippen LogP contribution in [0, 0.1) is 0 Å². The molecule has 30 heavy (non-hydrogen) atoms. The Bertz CT molecular complexity index is 1020. The van der Waals surface area contributed by atoms with Gasteiger partial charge in [0.15, 0.2) is 5.16 Å². The highest BCUT2D eigenvalue weighted by Gasteiger charge is 2.22. The Morgan fingerprint density at radius 2 is 1.93 bits per heavy atom. The number of nitrogens with one attached hydrogen (secondary N) is 1. The first-order chi connectivity index (χ1) is 14.4. The minimum absolute atomic E-state index is 0.0801. The number of thioether (sulfide) groups is 1. The number of aryl methyl sites for hydroxylation is 1. The highest BCUT2D eigenvalue weighted by Crippen LogP contribution is 2.27. The van der Waals surface area contributed by atoms with Crippen molar-refractivity contribution in [2.75, 3.05) is 11.1 Å². The van der Waals surface area contributed by atoms with Gasteiger partial charge in [0.1, 0.15) is 11.6 Å². The lowest BCUT2D eigenvalue weighted by Gasteiger charge is -2.14. The summed E-state index contributed by atoms with van der Waals surface area (Å²) in [7, 11) is 0. The van der Waals surface area contributed by atoms with Crippen LogP contribution in [0.5, 0.6) is 0 Å². The second kappa shape index (κ2) is 8.63. The van der Waals surface area contributed by atoms with Gasteiger partial charge in [-0.25, -0.2) is 4.68 Å². The lowest BCUT2D eigenvalue weighted by molar-refractivity contribution is -0.113. The van der Waals surface area contributed by atoms with Crippen LogP contribution in [0.1, 0.15) is 51.6 Å². The van der Waals surface area contributed by atoms with Crippen LogP contribution < -0.4 is 5.32 Å². The highest BCUT2D eigenvalue weighted by atomic mass is 32.2. The van der Waals surface area contributed by atoms with Crippen molar-refractivity contribution in [3.8, 4) is 5.69 Å². The molecule has 2 aromatic heterocycles. The molecule has 0 fully saturated rings. The molecule has 0 radical (unpaired) electrons. The molecule has 0 saturated heterocycles. The lowest BCUT2D eigenvalue weighted by Crippen LogP contribution is -2.17. The van der Waals surface area contributed by atoms with Crippen molar-refractivity contribution >= 4 is 23.5 Å². The smallest absolute Gasteiger partial charge is 0.236 e. The summed E-state index contributed by atoms with van der Waals surface area (Å²) in [6.45, 7) is 7.28. The predicted molar refractivity (Wildman–Crippen MR) is 119 cm³/mol. The minimum Gasteiger partial charge on any atom is -0.310 e. The van der Waals surface area contributed by atoms with Gasteiger partial charge in [-0.15, -0.1) is 10.2 Å². The second-order valence-electron chi connectivity index (χ2n) is 8.61. The average Bonchev–Trinajstić information content (AvgIpc) is 3.24. The number of hydrogen-bond acceptors (Lipinski definition) is 5. The third-order valence-electron chi connectivity index (χ3n) is 5.15. The summed E-state index contributed by atoms with van der Waals surface area (Å²) in [4.78, 5) is 12.8. The van der Waals surface area contributed by atoms with E-state index in [1.807, 2.05) is 36.4 Å². The number of rotatable bonds is 5. The molecule has 1 aliphatic rings.